The zero-order chi connectivity index (χ0) is 30.4. The van der Waals surface area contributed by atoms with Gasteiger partial charge in [-0.05, 0) is 63.1 Å². The standard InChI is InChI=1S/C29H40F5N5S2/c1-6-9-12-28(30,31)18-27(5,8-3)25-19(4)15-23(40-25)24-22(29(32,33)34)17-36-26(38-24)37-20-10-13-39(14-11-20)41-21(7-2)16-35/h7,15-17,20,35H,6,8-14,18H2,1-5H3,(H,36,37,38)/b21-7+,35-16?. The van der Waals surface area contributed by atoms with E-state index in [1.807, 2.05) is 26.8 Å². The van der Waals surface area contributed by atoms with Crippen molar-refractivity contribution in [3.8, 4) is 10.6 Å². The summed E-state index contributed by atoms with van der Waals surface area (Å²) >= 11 is 2.63. The quantitative estimate of drug-likeness (QED) is 0.133. The number of alkyl halides is 5. The van der Waals surface area contributed by atoms with Crippen LogP contribution < -0.4 is 5.32 Å². The van der Waals surface area contributed by atoms with Crippen molar-refractivity contribution in [1.29, 1.82) is 5.41 Å². The summed E-state index contributed by atoms with van der Waals surface area (Å²) in [7, 11) is 0. The number of halogens is 5. The molecule has 0 radical (unpaired) electrons. The molecule has 1 fully saturated rings. The molecule has 0 aromatic carbocycles. The molecule has 41 heavy (non-hydrogen) atoms. The highest BCUT2D eigenvalue weighted by Crippen LogP contribution is 2.47. The van der Waals surface area contributed by atoms with Gasteiger partial charge in [-0.25, -0.2) is 23.1 Å². The van der Waals surface area contributed by atoms with E-state index in [2.05, 4.69) is 19.6 Å². The molecule has 3 heterocycles. The minimum atomic E-state index is -4.67. The first-order valence-corrected chi connectivity index (χ1v) is 15.6. The normalized spacial score (nSPS) is 17.5. The van der Waals surface area contributed by atoms with E-state index in [1.165, 1.54) is 18.2 Å². The van der Waals surface area contributed by atoms with Crippen molar-refractivity contribution >= 4 is 35.4 Å². The number of rotatable bonds is 13. The van der Waals surface area contributed by atoms with Gasteiger partial charge in [0.15, 0.2) is 0 Å². The number of hydrogen-bond donors (Lipinski definition) is 2. The Hall–Kier alpha value is -2.05. The Morgan fingerprint density at radius 2 is 1.90 bits per heavy atom. The lowest BCUT2D eigenvalue weighted by atomic mass is 9.78. The van der Waals surface area contributed by atoms with Crippen LogP contribution in [0, 0.1) is 12.3 Å². The van der Waals surface area contributed by atoms with E-state index in [0.29, 0.717) is 34.6 Å². The van der Waals surface area contributed by atoms with Crippen molar-refractivity contribution in [2.75, 3.05) is 18.4 Å². The lowest BCUT2D eigenvalue weighted by molar-refractivity contribution is -0.137. The molecule has 1 aliphatic heterocycles. The van der Waals surface area contributed by atoms with Crippen LogP contribution in [0.4, 0.5) is 27.9 Å². The molecule has 2 N–H and O–H groups in total. The zero-order valence-electron chi connectivity index (χ0n) is 24.3. The summed E-state index contributed by atoms with van der Waals surface area (Å²) in [6.45, 7) is 10.6. The number of allylic oxidation sites excluding steroid dienone is 2. The van der Waals surface area contributed by atoms with Gasteiger partial charge in [0.25, 0.3) is 0 Å². The van der Waals surface area contributed by atoms with Gasteiger partial charge in [-0.1, -0.05) is 33.3 Å². The second-order valence-electron chi connectivity index (χ2n) is 10.9. The van der Waals surface area contributed by atoms with E-state index in [-0.39, 0.29) is 30.5 Å². The highest BCUT2D eigenvalue weighted by atomic mass is 32.2. The number of nitrogens with zero attached hydrogens (tertiary/aromatic N) is 3. The van der Waals surface area contributed by atoms with E-state index in [4.69, 9.17) is 5.41 Å². The minimum absolute atomic E-state index is 0.0140. The van der Waals surface area contributed by atoms with Gasteiger partial charge in [0.05, 0.1) is 10.6 Å². The Balaban J connectivity index is 1.87. The van der Waals surface area contributed by atoms with Crippen molar-refractivity contribution < 1.29 is 22.0 Å². The van der Waals surface area contributed by atoms with Gasteiger partial charge < -0.3 is 10.7 Å². The third-order valence-electron chi connectivity index (χ3n) is 7.57. The summed E-state index contributed by atoms with van der Waals surface area (Å²) in [6.07, 6.45) is 1.78. The number of unbranched alkanes of at least 4 members (excludes halogenated alkanes) is 1. The van der Waals surface area contributed by atoms with Crippen molar-refractivity contribution in [1.82, 2.24) is 14.3 Å². The molecule has 3 rings (SSSR count). The van der Waals surface area contributed by atoms with Crippen LogP contribution in [0.1, 0.15) is 88.6 Å². The fourth-order valence-electron chi connectivity index (χ4n) is 5.09. The molecule has 0 spiro atoms. The SMILES string of the molecule is C/C=C(\C=N)SN1CCC(Nc2ncc(C(F)(F)F)c(-c3cc(C)c(C(C)(CC)CC(F)(F)CCCC)s3)n2)CC1. The predicted octanol–water partition coefficient (Wildman–Crippen LogP) is 9.49. The van der Waals surface area contributed by atoms with Gasteiger partial charge in [0.1, 0.15) is 5.56 Å². The highest BCUT2D eigenvalue weighted by molar-refractivity contribution is 8.01. The molecule has 2 aromatic heterocycles. The molecular formula is C29H40F5N5S2. The molecule has 2 aromatic rings. The van der Waals surface area contributed by atoms with Crippen molar-refractivity contribution in [2.24, 2.45) is 0 Å². The van der Waals surface area contributed by atoms with Crippen molar-refractivity contribution in [2.45, 2.75) is 103 Å². The third-order valence-corrected chi connectivity index (χ3v) is 10.3. The van der Waals surface area contributed by atoms with Crippen molar-refractivity contribution in [3.05, 3.63) is 39.2 Å². The van der Waals surface area contributed by atoms with Gasteiger partial charge in [-0.2, -0.15) is 13.2 Å². The number of hydrogen-bond acceptors (Lipinski definition) is 7. The lowest BCUT2D eigenvalue weighted by Gasteiger charge is -2.32. The molecule has 0 aliphatic carbocycles. The van der Waals surface area contributed by atoms with Crippen LogP contribution in [0.3, 0.4) is 0 Å². The second-order valence-corrected chi connectivity index (χ2v) is 13.1. The monoisotopic (exact) mass is 617 g/mol. The van der Waals surface area contributed by atoms with Gasteiger partial charge in [0, 0.05) is 59.6 Å². The molecule has 12 heteroatoms. The lowest BCUT2D eigenvalue weighted by Crippen LogP contribution is -2.36. The fourth-order valence-corrected chi connectivity index (χ4v) is 7.33. The molecule has 1 unspecified atom stereocenters. The van der Waals surface area contributed by atoms with Crippen LogP contribution in [0.15, 0.2) is 23.2 Å². The topological polar surface area (TPSA) is 64.9 Å². The first-order valence-electron chi connectivity index (χ1n) is 14.0. The number of thiophene rings is 1. The summed E-state index contributed by atoms with van der Waals surface area (Å²) < 4.78 is 74.1. The van der Waals surface area contributed by atoms with Gasteiger partial charge in [-0.15, -0.1) is 11.3 Å². The number of nitrogens with one attached hydrogen (secondary N) is 2. The highest BCUT2D eigenvalue weighted by Gasteiger charge is 2.41. The maximum Gasteiger partial charge on any atom is 0.420 e. The molecule has 228 valence electrons. The fraction of sp³-hybridized carbons (Fsp3) is 0.621. The summed E-state index contributed by atoms with van der Waals surface area (Å²) in [5.41, 5.74) is -1.37. The Kier molecular flexibility index (Phi) is 11.4. The molecule has 0 saturated carbocycles. The summed E-state index contributed by atoms with van der Waals surface area (Å²) in [5, 5.41) is 10.7. The Morgan fingerprint density at radius 1 is 1.22 bits per heavy atom. The Labute approximate surface area is 248 Å². The first-order chi connectivity index (χ1) is 19.2. The Bertz CT molecular complexity index is 1200. The average Bonchev–Trinajstić information content (AvgIpc) is 3.33. The largest absolute Gasteiger partial charge is 0.420 e. The molecule has 1 atom stereocenters. The van der Waals surface area contributed by atoms with Crippen LogP contribution in [-0.2, 0) is 11.6 Å². The number of piperidine rings is 1. The van der Waals surface area contributed by atoms with Gasteiger partial charge in [-0.3, -0.25) is 0 Å². The molecule has 0 amide bonds. The second kappa shape index (κ2) is 13.9. The van der Waals surface area contributed by atoms with Crippen LogP contribution in [-0.4, -0.2) is 45.5 Å². The smallest absolute Gasteiger partial charge is 0.351 e. The number of aryl methyl sites for hydroxylation is 1. The predicted molar refractivity (Wildman–Crippen MR) is 160 cm³/mol. The summed E-state index contributed by atoms with van der Waals surface area (Å²) in [4.78, 5) is 10.1. The van der Waals surface area contributed by atoms with Crippen molar-refractivity contribution in [3.63, 3.8) is 0 Å². The molecule has 1 aliphatic rings. The average molecular weight is 618 g/mol. The van der Waals surface area contributed by atoms with E-state index in [0.717, 1.165) is 48.4 Å². The molecule has 1 saturated heterocycles. The zero-order valence-corrected chi connectivity index (χ0v) is 25.9. The summed E-state index contributed by atoms with van der Waals surface area (Å²) in [5.74, 6) is -2.74. The van der Waals surface area contributed by atoms with Crippen LogP contribution in [0.2, 0.25) is 0 Å². The van der Waals surface area contributed by atoms with E-state index < -0.39 is 23.1 Å². The molecule has 0 bridgehead atoms. The summed E-state index contributed by atoms with van der Waals surface area (Å²) in [6, 6.07) is 1.62. The van der Waals surface area contributed by atoms with Gasteiger partial charge >= 0.3 is 6.18 Å². The van der Waals surface area contributed by atoms with Crippen LogP contribution in [0.25, 0.3) is 10.6 Å². The number of anilines is 1. The molecule has 5 nitrogen and oxygen atoms in total. The van der Waals surface area contributed by atoms with E-state index in [1.54, 1.807) is 19.9 Å². The molecular weight excluding hydrogens is 577 g/mol. The maximum atomic E-state index is 14.9. The van der Waals surface area contributed by atoms with Crippen LogP contribution in [0.5, 0.6) is 0 Å². The maximum absolute atomic E-state index is 14.9. The van der Waals surface area contributed by atoms with E-state index >= 15 is 0 Å². The van der Waals surface area contributed by atoms with Gasteiger partial charge in [0.2, 0.25) is 11.9 Å². The minimum Gasteiger partial charge on any atom is -0.351 e. The van der Waals surface area contributed by atoms with Crippen LogP contribution >= 0.6 is 23.3 Å². The number of aromatic nitrogens is 2. The Morgan fingerprint density at radius 3 is 2.46 bits per heavy atom. The first kappa shape index (κ1) is 33.5. The van der Waals surface area contributed by atoms with E-state index in [9.17, 15) is 22.0 Å². The third kappa shape index (κ3) is 8.73.